The lowest BCUT2D eigenvalue weighted by molar-refractivity contribution is 0.102. The highest BCUT2D eigenvalue weighted by Crippen LogP contribution is 2.25. The van der Waals surface area contributed by atoms with Gasteiger partial charge in [0.15, 0.2) is 0 Å². The second-order valence-electron chi connectivity index (χ2n) is 6.02. The first-order chi connectivity index (χ1) is 13.9. The number of benzene rings is 3. The lowest BCUT2D eigenvalue weighted by Gasteiger charge is -2.12. The zero-order valence-corrected chi connectivity index (χ0v) is 18.0. The lowest BCUT2D eigenvalue weighted by atomic mass is 10.2. The monoisotopic (exact) mass is 474 g/mol. The molecule has 0 saturated carbocycles. The van der Waals surface area contributed by atoms with Crippen molar-refractivity contribution >= 4 is 43.2 Å². The number of carbonyl (C=O) groups is 1. The standard InChI is InChI=1S/C21H19BrN2O4S/c1-2-28-20-13-8-15(22)14-19(20)21(25)23-16-9-11-18(12-10-16)29(26,27)24-17-6-4-3-5-7-17/h3-14,24H,2H2,1H3,(H,23,25). The van der Waals surface area contributed by atoms with E-state index < -0.39 is 10.0 Å². The van der Waals surface area contributed by atoms with E-state index >= 15 is 0 Å². The summed E-state index contributed by atoms with van der Waals surface area (Å²) in [5.41, 5.74) is 1.32. The molecule has 0 aliphatic heterocycles. The molecule has 2 N–H and O–H groups in total. The fourth-order valence-corrected chi connectivity index (χ4v) is 4.02. The van der Waals surface area contributed by atoms with Crippen LogP contribution in [-0.4, -0.2) is 20.9 Å². The van der Waals surface area contributed by atoms with Crippen LogP contribution in [-0.2, 0) is 10.0 Å². The van der Waals surface area contributed by atoms with Gasteiger partial charge in [0.25, 0.3) is 15.9 Å². The molecule has 0 bridgehead atoms. The molecule has 0 atom stereocenters. The summed E-state index contributed by atoms with van der Waals surface area (Å²) < 4.78 is 33.7. The minimum absolute atomic E-state index is 0.0943. The Hall–Kier alpha value is -2.84. The first-order valence-electron chi connectivity index (χ1n) is 8.80. The van der Waals surface area contributed by atoms with Gasteiger partial charge in [-0.1, -0.05) is 34.1 Å². The molecular weight excluding hydrogens is 456 g/mol. The Morgan fingerprint density at radius 2 is 1.66 bits per heavy atom. The molecule has 3 rings (SSSR count). The Bertz CT molecular complexity index is 1100. The summed E-state index contributed by atoms with van der Waals surface area (Å²) in [7, 11) is -3.72. The number of hydrogen-bond donors (Lipinski definition) is 2. The molecule has 6 nitrogen and oxygen atoms in total. The molecule has 29 heavy (non-hydrogen) atoms. The molecule has 3 aromatic rings. The minimum Gasteiger partial charge on any atom is -0.493 e. The first kappa shape index (κ1) is 20.9. The summed E-state index contributed by atoms with van der Waals surface area (Å²) in [6.07, 6.45) is 0. The van der Waals surface area contributed by atoms with Crippen molar-refractivity contribution in [3.8, 4) is 5.75 Å². The summed E-state index contributed by atoms with van der Waals surface area (Å²) in [5, 5.41) is 2.76. The number of carbonyl (C=O) groups excluding carboxylic acids is 1. The van der Waals surface area contributed by atoms with E-state index in [2.05, 4.69) is 26.0 Å². The molecule has 8 heteroatoms. The number of ether oxygens (including phenoxy) is 1. The van der Waals surface area contributed by atoms with Crippen LogP contribution in [0, 0.1) is 0 Å². The van der Waals surface area contributed by atoms with Crippen LogP contribution in [0.5, 0.6) is 5.75 Å². The van der Waals surface area contributed by atoms with Gasteiger partial charge >= 0.3 is 0 Å². The van der Waals surface area contributed by atoms with Gasteiger partial charge in [-0.3, -0.25) is 9.52 Å². The summed E-state index contributed by atoms with van der Waals surface area (Å²) in [6.45, 7) is 2.27. The zero-order chi connectivity index (χ0) is 20.9. The molecule has 0 fully saturated rings. The van der Waals surface area contributed by atoms with Gasteiger partial charge in [0.05, 0.1) is 17.1 Å². The number of anilines is 2. The summed E-state index contributed by atoms with van der Waals surface area (Å²) in [5.74, 6) is 0.118. The number of para-hydroxylation sites is 1. The SMILES string of the molecule is CCOc1ccc(Br)cc1C(=O)Nc1ccc(S(=O)(=O)Nc2ccccc2)cc1. The van der Waals surface area contributed by atoms with Crippen molar-refractivity contribution in [1.82, 2.24) is 0 Å². The van der Waals surface area contributed by atoms with Crippen molar-refractivity contribution < 1.29 is 17.9 Å². The Kier molecular flexibility index (Phi) is 6.56. The van der Waals surface area contributed by atoms with Crippen molar-refractivity contribution in [2.24, 2.45) is 0 Å². The molecule has 3 aromatic carbocycles. The van der Waals surface area contributed by atoms with Crippen LogP contribution in [0.2, 0.25) is 0 Å². The molecule has 0 spiro atoms. The van der Waals surface area contributed by atoms with Crippen LogP contribution in [0.3, 0.4) is 0 Å². The highest BCUT2D eigenvalue weighted by atomic mass is 79.9. The Morgan fingerprint density at radius 1 is 0.966 bits per heavy atom. The molecule has 0 aromatic heterocycles. The van der Waals surface area contributed by atoms with Crippen molar-refractivity contribution in [3.63, 3.8) is 0 Å². The van der Waals surface area contributed by atoms with E-state index in [0.717, 1.165) is 4.47 Å². The van der Waals surface area contributed by atoms with Crippen LogP contribution in [0.4, 0.5) is 11.4 Å². The summed E-state index contributed by atoms with van der Waals surface area (Å²) in [6, 6.07) is 19.8. The molecule has 0 aliphatic carbocycles. The number of sulfonamides is 1. The van der Waals surface area contributed by atoms with Crippen LogP contribution < -0.4 is 14.8 Å². The Labute approximate surface area is 178 Å². The normalized spacial score (nSPS) is 11.0. The number of rotatable bonds is 7. The maximum atomic E-state index is 12.6. The number of hydrogen-bond acceptors (Lipinski definition) is 4. The fourth-order valence-electron chi connectivity index (χ4n) is 2.60. The molecule has 0 heterocycles. The van der Waals surface area contributed by atoms with Crippen LogP contribution in [0.25, 0.3) is 0 Å². The van der Waals surface area contributed by atoms with Crippen LogP contribution in [0.1, 0.15) is 17.3 Å². The van der Waals surface area contributed by atoms with Crippen molar-refractivity contribution in [3.05, 3.63) is 82.8 Å². The number of amides is 1. The first-order valence-corrected chi connectivity index (χ1v) is 11.1. The molecule has 0 aliphatic rings. The number of halogens is 1. The second kappa shape index (κ2) is 9.11. The van der Waals surface area contributed by atoms with Gasteiger partial charge in [0, 0.05) is 15.8 Å². The molecule has 0 saturated heterocycles. The van der Waals surface area contributed by atoms with Gasteiger partial charge in [-0.05, 0) is 61.5 Å². The molecule has 0 unspecified atom stereocenters. The van der Waals surface area contributed by atoms with E-state index in [9.17, 15) is 13.2 Å². The smallest absolute Gasteiger partial charge is 0.261 e. The summed E-state index contributed by atoms with van der Waals surface area (Å²) in [4.78, 5) is 12.7. The maximum Gasteiger partial charge on any atom is 0.261 e. The Morgan fingerprint density at radius 3 is 2.31 bits per heavy atom. The van der Waals surface area contributed by atoms with Gasteiger partial charge in [0.1, 0.15) is 5.75 Å². The molecule has 1 amide bonds. The molecule has 0 radical (unpaired) electrons. The van der Waals surface area contributed by atoms with Crippen LogP contribution in [0.15, 0.2) is 82.2 Å². The van der Waals surface area contributed by atoms with Gasteiger partial charge < -0.3 is 10.1 Å². The third-order valence-electron chi connectivity index (χ3n) is 3.93. The fraction of sp³-hybridized carbons (Fsp3) is 0.0952. The average Bonchev–Trinajstić information content (AvgIpc) is 2.70. The Balaban J connectivity index is 1.76. The largest absolute Gasteiger partial charge is 0.493 e. The van der Waals surface area contributed by atoms with Gasteiger partial charge in [-0.25, -0.2) is 8.42 Å². The molecular formula is C21H19BrN2O4S. The van der Waals surface area contributed by atoms with E-state index in [1.165, 1.54) is 24.3 Å². The minimum atomic E-state index is -3.72. The number of nitrogens with one attached hydrogen (secondary N) is 2. The highest BCUT2D eigenvalue weighted by molar-refractivity contribution is 9.10. The van der Waals surface area contributed by atoms with E-state index in [1.54, 1.807) is 48.5 Å². The highest BCUT2D eigenvalue weighted by Gasteiger charge is 2.16. The third kappa shape index (κ3) is 5.36. The topological polar surface area (TPSA) is 84.5 Å². The van der Waals surface area contributed by atoms with E-state index in [-0.39, 0.29) is 10.8 Å². The van der Waals surface area contributed by atoms with Crippen molar-refractivity contribution in [2.45, 2.75) is 11.8 Å². The average molecular weight is 475 g/mol. The molecule has 150 valence electrons. The van der Waals surface area contributed by atoms with Gasteiger partial charge in [-0.15, -0.1) is 0 Å². The maximum absolute atomic E-state index is 12.6. The quantitative estimate of drug-likeness (QED) is 0.509. The van der Waals surface area contributed by atoms with E-state index in [1.807, 2.05) is 6.92 Å². The van der Waals surface area contributed by atoms with E-state index in [4.69, 9.17) is 4.74 Å². The zero-order valence-electron chi connectivity index (χ0n) is 15.6. The predicted molar refractivity (Wildman–Crippen MR) is 117 cm³/mol. The van der Waals surface area contributed by atoms with Crippen molar-refractivity contribution in [1.29, 1.82) is 0 Å². The summed E-state index contributed by atoms with van der Waals surface area (Å²) >= 11 is 3.35. The van der Waals surface area contributed by atoms with Crippen LogP contribution >= 0.6 is 15.9 Å². The van der Waals surface area contributed by atoms with Gasteiger partial charge in [-0.2, -0.15) is 0 Å². The van der Waals surface area contributed by atoms with Crippen molar-refractivity contribution in [2.75, 3.05) is 16.6 Å². The second-order valence-corrected chi connectivity index (χ2v) is 8.62. The lowest BCUT2D eigenvalue weighted by Crippen LogP contribution is -2.15. The van der Waals surface area contributed by atoms with E-state index in [0.29, 0.717) is 29.3 Å². The predicted octanol–water partition coefficient (Wildman–Crippen LogP) is 4.90. The van der Waals surface area contributed by atoms with Gasteiger partial charge in [0.2, 0.25) is 0 Å². The third-order valence-corrected chi connectivity index (χ3v) is 5.83.